The fourth-order valence-electron chi connectivity index (χ4n) is 1.80. The maximum Gasteiger partial charge on any atom is 0.255 e. The van der Waals surface area contributed by atoms with Crippen molar-refractivity contribution in [2.24, 2.45) is 5.73 Å². The molecule has 94 valence electrons. The molecule has 1 aliphatic heterocycles. The summed E-state index contributed by atoms with van der Waals surface area (Å²) in [5.41, 5.74) is 6.31. The molecule has 1 amide bonds. The van der Waals surface area contributed by atoms with Crippen molar-refractivity contribution < 1.29 is 4.79 Å². The Balaban J connectivity index is 0.00000144. The zero-order valence-corrected chi connectivity index (χ0v) is 12.2. The molecule has 2 N–H and O–H groups in total. The molecule has 0 spiro atoms. The second-order valence-corrected chi connectivity index (χ2v) is 5.25. The molecule has 6 heteroatoms. The molecule has 0 saturated carbocycles. The van der Waals surface area contributed by atoms with Gasteiger partial charge in [0, 0.05) is 23.6 Å². The van der Waals surface area contributed by atoms with E-state index < -0.39 is 0 Å². The van der Waals surface area contributed by atoms with Crippen LogP contribution in [0, 0.1) is 0 Å². The van der Waals surface area contributed by atoms with Crippen LogP contribution in [0.2, 0.25) is 5.02 Å². The molecular formula is C11H13BrCl2N2O. The van der Waals surface area contributed by atoms with E-state index in [1.165, 1.54) is 0 Å². The van der Waals surface area contributed by atoms with E-state index >= 15 is 0 Å². The maximum absolute atomic E-state index is 12.1. The quantitative estimate of drug-likeness (QED) is 0.855. The third kappa shape index (κ3) is 3.35. The van der Waals surface area contributed by atoms with E-state index in [2.05, 4.69) is 15.9 Å². The summed E-state index contributed by atoms with van der Waals surface area (Å²) < 4.78 is 0.851. The van der Waals surface area contributed by atoms with Crippen LogP contribution in [0.1, 0.15) is 16.8 Å². The lowest BCUT2D eigenvalue weighted by molar-refractivity contribution is 0.0791. The number of rotatable bonds is 1. The van der Waals surface area contributed by atoms with Gasteiger partial charge < -0.3 is 10.6 Å². The average molecular weight is 340 g/mol. The van der Waals surface area contributed by atoms with Crippen molar-refractivity contribution in [2.75, 3.05) is 13.1 Å². The first kappa shape index (κ1) is 14.8. The van der Waals surface area contributed by atoms with Crippen LogP contribution in [0.4, 0.5) is 0 Å². The second-order valence-electron chi connectivity index (χ2n) is 3.92. The van der Waals surface area contributed by atoms with Crippen molar-refractivity contribution in [3.05, 3.63) is 33.3 Å². The Bertz CT molecular complexity index is 428. The van der Waals surface area contributed by atoms with Gasteiger partial charge in [-0.3, -0.25) is 4.79 Å². The lowest BCUT2D eigenvalue weighted by Gasteiger charge is -2.16. The largest absolute Gasteiger partial charge is 0.337 e. The molecule has 1 atom stereocenters. The Morgan fingerprint density at radius 2 is 2.24 bits per heavy atom. The Morgan fingerprint density at radius 3 is 2.82 bits per heavy atom. The maximum atomic E-state index is 12.1. The number of carbonyl (C=O) groups is 1. The minimum atomic E-state index is -0.0424. The Kier molecular flexibility index (Phi) is 5.25. The smallest absolute Gasteiger partial charge is 0.255 e. The zero-order chi connectivity index (χ0) is 11.7. The summed E-state index contributed by atoms with van der Waals surface area (Å²) in [6.45, 7) is 1.32. The van der Waals surface area contributed by atoms with E-state index in [0.717, 1.165) is 10.9 Å². The summed E-state index contributed by atoms with van der Waals surface area (Å²) in [4.78, 5) is 13.9. The van der Waals surface area contributed by atoms with Gasteiger partial charge in [0.1, 0.15) is 0 Å². The minimum Gasteiger partial charge on any atom is -0.337 e. The topological polar surface area (TPSA) is 46.3 Å². The molecule has 0 bridgehead atoms. The molecule has 1 aliphatic rings. The predicted molar refractivity (Wildman–Crippen MR) is 74.9 cm³/mol. The number of hydrogen-bond donors (Lipinski definition) is 1. The van der Waals surface area contributed by atoms with Crippen LogP contribution in [0.25, 0.3) is 0 Å². The molecule has 1 aromatic rings. The molecule has 1 saturated heterocycles. The fourth-order valence-corrected chi connectivity index (χ4v) is 2.36. The van der Waals surface area contributed by atoms with Gasteiger partial charge in [-0.05, 0) is 24.6 Å². The van der Waals surface area contributed by atoms with Crippen molar-refractivity contribution in [1.82, 2.24) is 4.90 Å². The van der Waals surface area contributed by atoms with E-state index in [1.54, 1.807) is 17.0 Å². The fraction of sp³-hybridized carbons (Fsp3) is 0.364. The van der Waals surface area contributed by atoms with Gasteiger partial charge in [0.05, 0.1) is 10.6 Å². The number of nitrogens with two attached hydrogens (primary N) is 1. The van der Waals surface area contributed by atoms with Gasteiger partial charge in [0.25, 0.3) is 5.91 Å². The molecule has 1 unspecified atom stereocenters. The SMILES string of the molecule is Cl.NC1CCN(C(=O)c2cc(Br)ccc2Cl)C1. The lowest BCUT2D eigenvalue weighted by atomic mass is 10.2. The first-order valence-corrected chi connectivity index (χ1v) is 6.25. The van der Waals surface area contributed by atoms with Gasteiger partial charge in [-0.15, -0.1) is 12.4 Å². The number of nitrogens with zero attached hydrogens (tertiary/aromatic N) is 1. The number of likely N-dealkylation sites (tertiary alicyclic amines) is 1. The van der Waals surface area contributed by atoms with Crippen LogP contribution >= 0.6 is 39.9 Å². The summed E-state index contributed by atoms with van der Waals surface area (Å²) >= 11 is 9.34. The summed E-state index contributed by atoms with van der Waals surface area (Å²) in [7, 11) is 0. The predicted octanol–water partition coefficient (Wildman–Crippen LogP) is 2.70. The van der Waals surface area contributed by atoms with Crippen LogP contribution in [0.3, 0.4) is 0 Å². The highest BCUT2D eigenvalue weighted by Gasteiger charge is 2.25. The molecule has 1 fully saturated rings. The van der Waals surface area contributed by atoms with E-state index in [9.17, 15) is 4.79 Å². The normalized spacial score (nSPS) is 19.0. The van der Waals surface area contributed by atoms with Crippen LogP contribution in [0.15, 0.2) is 22.7 Å². The van der Waals surface area contributed by atoms with Crippen molar-refractivity contribution >= 4 is 45.8 Å². The van der Waals surface area contributed by atoms with Crippen molar-refractivity contribution in [3.8, 4) is 0 Å². The lowest BCUT2D eigenvalue weighted by Crippen LogP contribution is -2.32. The number of benzene rings is 1. The Hall–Kier alpha value is -0.290. The van der Waals surface area contributed by atoms with Gasteiger partial charge in [-0.1, -0.05) is 27.5 Å². The van der Waals surface area contributed by atoms with Crippen molar-refractivity contribution in [3.63, 3.8) is 0 Å². The summed E-state index contributed by atoms with van der Waals surface area (Å²) in [5.74, 6) is -0.0424. The van der Waals surface area contributed by atoms with Crippen LogP contribution in [-0.4, -0.2) is 29.9 Å². The van der Waals surface area contributed by atoms with Gasteiger partial charge in [0.2, 0.25) is 0 Å². The van der Waals surface area contributed by atoms with Gasteiger partial charge in [0.15, 0.2) is 0 Å². The first-order chi connectivity index (χ1) is 7.58. The minimum absolute atomic E-state index is 0. The number of amides is 1. The molecule has 2 rings (SSSR count). The highest BCUT2D eigenvalue weighted by molar-refractivity contribution is 9.10. The van der Waals surface area contributed by atoms with E-state index in [1.807, 2.05) is 6.07 Å². The monoisotopic (exact) mass is 338 g/mol. The molecule has 1 heterocycles. The highest BCUT2D eigenvalue weighted by atomic mass is 79.9. The van der Waals surface area contributed by atoms with Gasteiger partial charge >= 0.3 is 0 Å². The van der Waals surface area contributed by atoms with Crippen molar-refractivity contribution in [1.29, 1.82) is 0 Å². The Morgan fingerprint density at radius 1 is 1.53 bits per heavy atom. The van der Waals surface area contributed by atoms with Gasteiger partial charge in [-0.2, -0.15) is 0 Å². The van der Waals surface area contributed by atoms with E-state index in [0.29, 0.717) is 23.7 Å². The second kappa shape index (κ2) is 6.05. The number of halogens is 3. The summed E-state index contributed by atoms with van der Waals surface area (Å²) in [5, 5.41) is 0.480. The molecule has 3 nitrogen and oxygen atoms in total. The molecule has 17 heavy (non-hydrogen) atoms. The standard InChI is InChI=1S/C11H12BrClN2O.ClH/c12-7-1-2-10(13)9(5-7)11(16)15-4-3-8(14)6-15;/h1-2,5,8H,3-4,6,14H2;1H. The third-order valence-electron chi connectivity index (χ3n) is 2.67. The van der Waals surface area contributed by atoms with Crippen molar-refractivity contribution in [2.45, 2.75) is 12.5 Å². The van der Waals surface area contributed by atoms with Crippen LogP contribution < -0.4 is 5.73 Å². The summed E-state index contributed by atoms with van der Waals surface area (Å²) in [6, 6.07) is 5.37. The van der Waals surface area contributed by atoms with Crippen LogP contribution in [0.5, 0.6) is 0 Å². The summed E-state index contributed by atoms with van der Waals surface area (Å²) in [6.07, 6.45) is 0.858. The first-order valence-electron chi connectivity index (χ1n) is 5.08. The zero-order valence-electron chi connectivity index (χ0n) is 9.03. The molecule has 1 aromatic carbocycles. The molecule has 0 aliphatic carbocycles. The van der Waals surface area contributed by atoms with E-state index in [4.69, 9.17) is 17.3 Å². The van der Waals surface area contributed by atoms with Crippen LogP contribution in [-0.2, 0) is 0 Å². The molecular weight excluding hydrogens is 327 g/mol. The molecule has 0 aromatic heterocycles. The third-order valence-corrected chi connectivity index (χ3v) is 3.49. The number of hydrogen-bond acceptors (Lipinski definition) is 2. The van der Waals surface area contributed by atoms with E-state index in [-0.39, 0.29) is 24.4 Å². The molecule has 0 radical (unpaired) electrons. The van der Waals surface area contributed by atoms with Gasteiger partial charge in [-0.25, -0.2) is 0 Å². The number of carbonyl (C=O) groups excluding carboxylic acids is 1. The Labute approximate surface area is 120 Å². The highest BCUT2D eigenvalue weighted by Crippen LogP contribution is 2.23. The average Bonchev–Trinajstić information content (AvgIpc) is 2.67.